The van der Waals surface area contributed by atoms with Crippen LogP contribution in [0, 0.1) is 11.3 Å². The molecule has 1 unspecified atom stereocenters. The first-order valence-electron chi connectivity index (χ1n) is 6.98. The first kappa shape index (κ1) is 15.0. The van der Waals surface area contributed by atoms with Gasteiger partial charge in [-0.1, -0.05) is 54.6 Å². The number of nitriles is 1. The number of carbonyl (C=O) groups is 1. The summed E-state index contributed by atoms with van der Waals surface area (Å²) in [6.07, 6.45) is 0.880. The lowest BCUT2D eigenvalue weighted by atomic mass is 10.0. The Morgan fingerprint density at radius 1 is 1.14 bits per heavy atom. The van der Waals surface area contributed by atoms with Crippen molar-refractivity contribution in [3.8, 4) is 6.07 Å². The Bertz CT molecular complexity index is 627. The molecular weight excluding hydrogens is 260 g/mol. The van der Waals surface area contributed by atoms with Crippen molar-refractivity contribution in [3.63, 3.8) is 0 Å². The van der Waals surface area contributed by atoms with Crippen LogP contribution < -0.4 is 5.32 Å². The van der Waals surface area contributed by atoms with Gasteiger partial charge in [-0.25, -0.2) is 0 Å². The van der Waals surface area contributed by atoms with E-state index >= 15 is 0 Å². The van der Waals surface area contributed by atoms with Crippen LogP contribution in [0.15, 0.2) is 54.6 Å². The molecule has 0 amide bonds. The summed E-state index contributed by atoms with van der Waals surface area (Å²) < 4.78 is 0. The highest BCUT2D eigenvalue weighted by atomic mass is 16.1. The Hall–Kier alpha value is -2.44. The summed E-state index contributed by atoms with van der Waals surface area (Å²) in [5.41, 5.74) is 2.80. The second-order valence-electron chi connectivity index (χ2n) is 4.93. The molecule has 0 aliphatic rings. The van der Waals surface area contributed by atoms with Crippen LogP contribution in [0.3, 0.4) is 0 Å². The summed E-state index contributed by atoms with van der Waals surface area (Å²) in [5.74, 6) is 0.0343. The van der Waals surface area contributed by atoms with Gasteiger partial charge in [-0.3, -0.25) is 10.1 Å². The quantitative estimate of drug-likeness (QED) is 0.825. The summed E-state index contributed by atoms with van der Waals surface area (Å²) in [6.45, 7) is 2.27. The molecule has 0 aliphatic carbocycles. The van der Waals surface area contributed by atoms with Crippen molar-refractivity contribution in [1.82, 2.24) is 5.32 Å². The Labute approximate surface area is 125 Å². The highest BCUT2D eigenvalue weighted by molar-refractivity contribution is 5.94. The molecule has 0 radical (unpaired) electrons. The van der Waals surface area contributed by atoms with E-state index in [9.17, 15) is 10.1 Å². The summed E-state index contributed by atoms with van der Waals surface area (Å²) in [4.78, 5) is 11.2. The molecule has 0 saturated carbocycles. The zero-order valence-corrected chi connectivity index (χ0v) is 12.0. The number of carbonyl (C=O) groups excluding carboxylic acids is 1. The van der Waals surface area contributed by atoms with E-state index in [1.54, 1.807) is 12.1 Å². The number of nitrogens with zero attached hydrogens (tertiary/aromatic N) is 1. The van der Waals surface area contributed by atoms with Crippen LogP contribution in [0.5, 0.6) is 0 Å². The fraction of sp³-hybridized carbons (Fsp3) is 0.222. The number of hydrogen-bond donors (Lipinski definition) is 1. The molecule has 2 rings (SSSR count). The van der Waals surface area contributed by atoms with Gasteiger partial charge in [0.2, 0.25) is 0 Å². The second-order valence-corrected chi connectivity index (χ2v) is 4.93. The fourth-order valence-corrected chi connectivity index (χ4v) is 2.15. The Morgan fingerprint density at radius 3 is 2.38 bits per heavy atom. The van der Waals surface area contributed by atoms with Crippen molar-refractivity contribution < 1.29 is 4.79 Å². The molecule has 0 heterocycles. The van der Waals surface area contributed by atoms with Gasteiger partial charge in [0, 0.05) is 12.1 Å². The average Bonchev–Trinajstić information content (AvgIpc) is 2.53. The minimum atomic E-state index is -0.352. The van der Waals surface area contributed by atoms with Gasteiger partial charge in [-0.2, -0.15) is 5.26 Å². The lowest BCUT2D eigenvalue weighted by Gasteiger charge is -2.12. The van der Waals surface area contributed by atoms with Crippen LogP contribution in [-0.4, -0.2) is 12.3 Å². The fourth-order valence-electron chi connectivity index (χ4n) is 2.15. The van der Waals surface area contributed by atoms with Crippen molar-refractivity contribution in [2.75, 3.05) is 6.54 Å². The van der Waals surface area contributed by atoms with Crippen LogP contribution >= 0.6 is 0 Å². The summed E-state index contributed by atoms with van der Waals surface area (Å²) in [7, 11) is 0. The molecule has 3 heteroatoms. The maximum absolute atomic E-state index is 11.2. The van der Waals surface area contributed by atoms with Gasteiger partial charge in [0.05, 0.1) is 6.07 Å². The van der Waals surface area contributed by atoms with Crippen LogP contribution in [0.25, 0.3) is 0 Å². The third-order valence-electron chi connectivity index (χ3n) is 3.38. The average molecular weight is 278 g/mol. The largest absolute Gasteiger partial charge is 0.298 e. The lowest BCUT2D eigenvalue weighted by molar-refractivity contribution is 0.101. The van der Waals surface area contributed by atoms with E-state index in [4.69, 9.17) is 0 Å². The number of ketones is 1. The van der Waals surface area contributed by atoms with Crippen LogP contribution in [0.1, 0.15) is 34.5 Å². The van der Waals surface area contributed by atoms with Gasteiger partial charge in [0.1, 0.15) is 6.04 Å². The van der Waals surface area contributed by atoms with E-state index in [-0.39, 0.29) is 11.8 Å². The number of hydrogen-bond acceptors (Lipinski definition) is 3. The molecule has 2 aromatic rings. The van der Waals surface area contributed by atoms with Crippen LogP contribution in [0.4, 0.5) is 0 Å². The molecular formula is C18H18N2O. The highest BCUT2D eigenvalue weighted by Gasteiger charge is 2.10. The molecule has 0 aliphatic heterocycles. The lowest BCUT2D eigenvalue weighted by Crippen LogP contribution is -2.22. The minimum absolute atomic E-state index is 0.0343. The summed E-state index contributed by atoms with van der Waals surface area (Å²) in [5, 5.41) is 12.5. The van der Waals surface area contributed by atoms with Crippen molar-refractivity contribution in [1.29, 1.82) is 5.26 Å². The highest BCUT2D eigenvalue weighted by Crippen LogP contribution is 2.14. The molecule has 21 heavy (non-hydrogen) atoms. The smallest absolute Gasteiger partial charge is 0.159 e. The topological polar surface area (TPSA) is 52.9 Å². The molecule has 0 aromatic heterocycles. The Balaban J connectivity index is 1.94. The van der Waals surface area contributed by atoms with Gasteiger partial charge < -0.3 is 0 Å². The Morgan fingerprint density at radius 2 is 1.81 bits per heavy atom. The molecule has 0 bridgehead atoms. The standard InChI is InChI=1S/C18H18N2O/c1-14(21)16-7-9-17(10-8-16)18(13-19)20-12-11-15-5-3-2-4-6-15/h2-10,18,20H,11-12H2,1H3. The van der Waals surface area contributed by atoms with Crippen LogP contribution in [0.2, 0.25) is 0 Å². The van der Waals surface area contributed by atoms with Crippen molar-refractivity contribution in [2.24, 2.45) is 0 Å². The molecule has 1 N–H and O–H groups in total. The molecule has 0 spiro atoms. The van der Waals surface area contributed by atoms with E-state index in [2.05, 4.69) is 23.5 Å². The van der Waals surface area contributed by atoms with Crippen molar-refractivity contribution in [3.05, 3.63) is 71.3 Å². The molecule has 0 saturated heterocycles. The normalized spacial score (nSPS) is 11.6. The number of benzene rings is 2. The zero-order valence-electron chi connectivity index (χ0n) is 12.0. The molecule has 106 valence electrons. The Kier molecular flexibility index (Phi) is 5.25. The monoisotopic (exact) mass is 278 g/mol. The predicted octanol–water partition coefficient (Wildman–Crippen LogP) is 3.29. The van der Waals surface area contributed by atoms with E-state index in [0.29, 0.717) is 5.56 Å². The van der Waals surface area contributed by atoms with Gasteiger partial charge >= 0.3 is 0 Å². The van der Waals surface area contributed by atoms with Gasteiger partial charge in [0.15, 0.2) is 5.78 Å². The second kappa shape index (κ2) is 7.37. The van der Waals surface area contributed by atoms with Gasteiger partial charge in [-0.05, 0) is 24.5 Å². The van der Waals surface area contributed by atoms with Gasteiger partial charge in [-0.15, -0.1) is 0 Å². The minimum Gasteiger partial charge on any atom is -0.298 e. The van der Waals surface area contributed by atoms with Crippen molar-refractivity contribution in [2.45, 2.75) is 19.4 Å². The summed E-state index contributed by atoms with van der Waals surface area (Å²) >= 11 is 0. The molecule has 3 nitrogen and oxygen atoms in total. The maximum Gasteiger partial charge on any atom is 0.159 e. The molecule has 2 aromatic carbocycles. The van der Waals surface area contributed by atoms with E-state index < -0.39 is 0 Å². The number of nitrogens with one attached hydrogen (secondary N) is 1. The van der Waals surface area contributed by atoms with Crippen molar-refractivity contribution >= 4 is 5.78 Å². The van der Waals surface area contributed by atoms with E-state index in [1.165, 1.54) is 12.5 Å². The predicted molar refractivity (Wildman–Crippen MR) is 82.9 cm³/mol. The van der Waals surface area contributed by atoms with E-state index in [0.717, 1.165) is 18.5 Å². The molecule has 0 fully saturated rings. The van der Waals surface area contributed by atoms with Gasteiger partial charge in [0.25, 0.3) is 0 Å². The third-order valence-corrected chi connectivity index (χ3v) is 3.38. The van der Waals surface area contributed by atoms with Crippen LogP contribution in [-0.2, 0) is 6.42 Å². The zero-order chi connectivity index (χ0) is 15.1. The van der Waals surface area contributed by atoms with E-state index in [1.807, 2.05) is 30.3 Å². The number of rotatable bonds is 6. The summed E-state index contributed by atoms with van der Waals surface area (Å²) in [6, 6.07) is 19.3. The SMILES string of the molecule is CC(=O)c1ccc(C(C#N)NCCc2ccccc2)cc1. The first-order valence-corrected chi connectivity index (χ1v) is 6.98. The number of Topliss-reactive ketones (excluding diaryl/α,β-unsaturated/α-hetero) is 1. The third kappa shape index (κ3) is 4.27. The molecule has 1 atom stereocenters. The maximum atomic E-state index is 11.2. The first-order chi connectivity index (χ1) is 10.2.